The number of ether oxygens (including phenoxy) is 1. The third-order valence-electron chi connectivity index (χ3n) is 4.65. The lowest BCUT2D eigenvalue weighted by Gasteiger charge is -2.11. The number of nitrogens with zero attached hydrogens (tertiary/aromatic N) is 4. The van der Waals surface area contributed by atoms with Crippen LogP contribution >= 0.6 is 11.6 Å². The minimum absolute atomic E-state index is 0.217. The van der Waals surface area contributed by atoms with E-state index in [1.54, 1.807) is 18.2 Å². The number of amides is 1. The zero-order chi connectivity index (χ0) is 19.0. The van der Waals surface area contributed by atoms with Crippen LogP contribution in [0.1, 0.15) is 24.1 Å². The van der Waals surface area contributed by atoms with Crippen LogP contribution in [0.5, 0.6) is 5.75 Å². The first-order valence-corrected chi connectivity index (χ1v) is 9.04. The molecule has 2 aromatic heterocycles. The predicted octanol–water partition coefficient (Wildman–Crippen LogP) is 2.07. The van der Waals surface area contributed by atoms with Gasteiger partial charge in [0.05, 0.1) is 18.5 Å². The Balaban J connectivity index is 1.62. The topological polar surface area (TPSA) is 90.5 Å². The minimum Gasteiger partial charge on any atom is -0.495 e. The minimum atomic E-state index is -0.400. The number of rotatable bonds is 4. The normalized spacial score (nSPS) is 13.4. The van der Waals surface area contributed by atoms with Gasteiger partial charge in [0.2, 0.25) is 5.91 Å². The van der Waals surface area contributed by atoms with E-state index in [9.17, 15) is 9.59 Å². The molecule has 27 heavy (non-hydrogen) atoms. The highest BCUT2D eigenvalue weighted by atomic mass is 35.5. The molecule has 8 nitrogen and oxygen atoms in total. The molecule has 0 unspecified atom stereocenters. The summed E-state index contributed by atoms with van der Waals surface area (Å²) in [6.45, 7) is -0.217. The number of carbonyl (C=O) groups excluding carboxylic acids is 1. The summed E-state index contributed by atoms with van der Waals surface area (Å²) < 4.78 is 7.89. The molecule has 0 saturated heterocycles. The van der Waals surface area contributed by atoms with Crippen molar-refractivity contribution in [3.05, 3.63) is 51.2 Å². The number of hydrogen-bond acceptors (Lipinski definition) is 5. The van der Waals surface area contributed by atoms with Gasteiger partial charge < -0.3 is 10.1 Å². The summed E-state index contributed by atoms with van der Waals surface area (Å²) in [4.78, 5) is 25.3. The van der Waals surface area contributed by atoms with Crippen LogP contribution < -0.4 is 15.6 Å². The maximum atomic E-state index is 12.8. The van der Waals surface area contributed by atoms with Crippen LogP contribution in [-0.4, -0.2) is 32.4 Å². The number of aryl methyl sites for hydroxylation is 2. The zero-order valence-corrected chi connectivity index (χ0v) is 15.5. The Morgan fingerprint density at radius 1 is 1.33 bits per heavy atom. The maximum absolute atomic E-state index is 12.8. The van der Waals surface area contributed by atoms with Gasteiger partial charge in [0.25, 0.3) is 5.56 Å². The highest BCUT2D eigenvalue weighted by molar-refractivity contribution is 6.31. The standard InChI is InChI=1S/C18H18ClN5O3/c1-27-15-7-6-11(19)8-14(15)21-16(25)9-23-18(26)17-12-4-2-3-5-13(12)22-24(17)10-20-23/h6-8,10H,2-5,9H2,1H3,(H,21,25). The molecule has 0 spiro atoms. The number of carbonyl (C=O) groups is 1. The Bertz CT molecular complexity index is 1090. The summed E-state index contributed by atoms with van der Waals surface area (Å²) in [5.74, 6) is 0.0799. The van der Waals surface area contributed by atoms with Crippen LogP contribution in [0.4, 0.5) is 5.69 Å². The van der Waals surface area contributed by atoms with Crippen molar-refractivity contribution < 1.29 is 9.53 Å². The van der Waals surface area contributed by atoms with Crippen molar-refractivity contribution >= 4 is 28.7 Å². The van der Waals surface area contributed by atoms with Crippen LogP contribution in [0.2, 0.25) is 5.02 Å². The molecule has 0 aliphatic heterocycles. The number of anilines is 1. The molecular formula is C18H18ClN5O3. The van der Waals surface area contributed by atoms with Crippen molar-refractivity contribution in [1.82, 2.24) is 19.4 Å². The van der Waals surface area contributed by atoms with E-state index in [0.29, 0.717) is 22.0 Å². The van der Waals surface area contributed by atoms with Crippen LogP contribution in [0.25, 0.3) is 5.52 Å². The molecule has 2 heterocycles. The second kappa shape index (κ2) is 7.03. The van der Waals surface area contributed by atoms with E-state index in [2.05, 4.69) is 15.5 Å². The fourth-order valence-corrected chi connectivity index (χ4v) is 3.56. The summed E-state index contributed by atoms with van der Waals surface area (Å²) in [6, 6.07) is 4.91. The Labute approximate surface area is 159 Å². The third kappa shape index (κ3) is 3.28. The Kier molecular flexibility index (Phi) is 4.57. The SMILES string of the molecule is COc1ccc(Cl)cc1NC(=O)Cn1ncn2nc3c(c2c1=O)CCCC3. The molecule has 1 N–H and O–H groups in total. The van der Waals surface area contributed by atoms with Crippen molar-refractivity contribution in [3.63, 3.8) is 0 Å². The number of nitrogens with one attached hydrogen (secondary N) is 1. The van der Waals surface area contributed by atoms with Crippen LogP contribution in [-0.2, 0) is 24.2 Å². The Morgan fingerprint density at radius 3 is 2.96 bits per heavy atom. The second-order valence-corrected chi connectivity index (χ2v) is 6.85. The number of benzene rings is 1. The van der Waals surface area contributed by atoms with Gasteiger partial charge in [-0.25, -0.2) is 9.20 Å². The smallest absolute Gasteiger partial charge is 0.293 e. The lowest BCUT2D eigenvalue weighted by molar-refractivity contribution is -0.117. The molecule has 1 aliphatic rings. The quantitative estimate of drug-likeness (QED) is 0.740. The van der Waals surface area contributed by atoms with E-state index in [-0.39, 0.29) is 12.1 Å². The molecule has 0 bridgehead atoms. The number of halogens is 1. The molecule has 140 valence electrons. The van der Waals surface area contributed by atoms with Crippen LogP contribution in [0.15, 0.2) is 29.3 Å². The van der Waals surface area contributed by atoms with Gasteiger partial charge in [-0.2, -0.15) is 10.2 Å². The van der Waals surface area contributed by atoms with Gasteiger partial charge in [-0.15, -0.1) is 0 Å². The molecule has 0 fully saturated rings. The van der Waals surface area contributed by atoms with Gasteiger partial charge in [-0.3, -0.25) is 9.59 Å². The van der Waals surface area contributed by atoms with Gasteiger partial charge in [-0.1, -0.05) is 11.6 Å². The lowest BCUT2D eigenvalue weighted by atomic mass is 9.97. The van der Waals surface area contributed by atoms with Crippen LogP contribution in [0.3, 0.4) is 0 Å². The van der Waals surface area contributed by atoms with Crippen molar-refractivity contribution in [1.29, 1.82) is 0 Å². The molecule has 3 aromatic rings. The molecular weight excluding hydrogens is 370 g/mol. The van der Waals surface area contributed by atoms with E-state index in [4.69, 9.17) is 16.3 Å². The van der Waals surface area contributed by atoms with E-state index in [1.807, 2.05) is 0 Å². The van der Waals surface area contributed by atoms with Gasteiger partial charge in [0.1, 0.15) is 24.1 Å². The molecule has 4 rings (SSSR count). The van der Waals surface area contributed by atoms with Gasteiger partial charge in [-0.05, 0) is 43.9 Å². The highest BCUT2D eigenvalue weighted by Crippen LogP contribution is 2.27. The number of fused-ring (bicyclic) bond motifs is 3. The van der Waals surface area contributed by atoms with E-state index < -0.39 is 5.91 Å². The van der Waals surface area contributed by atoms with Crippen molar-refractivity contribution in [3.8, 4) is 5.75 Å². The number of methoxy groups -OCH3 is 1. The number of aromatic nitrogens is 4. The second-order valence-electron chi connectivity index (χ2n) is 6.41. The Hall–Kier alpha value is -2.87. The Morgan fingerprint density at radius 2 is 2.15 bits per heavy atom. The summed E-state index contributed by atoms with van der Waals surface area (Å²) in [7, 11) is 1.50. The third-order valence-corrected chi connectivity index (χ3v) is 4.88. The first kappa shape index (κ1) is 17.5. The van der Waals surface area contributed by atoms with E-state index in [1.165, 1.54) is 18.0 Å². The van der Waals surface area contributed by atoms with Crippen molar-refractivity contribution in [2.24, 2.45) is 0 Å². The maximum Gasteiger partial charge on any atom is 0.293 e. The number of hydrogen-bond donors (Lipinski definition) is 1. The average Bonchev–Trinajstić information content (AvgIpc) is 3.03. The summed E-state index contributed by atoms with van der Waals surface area (Å²) in [5.41, 5.74) is 2.55. The predicted molar refractivity (Wildman–Crippen MR) is 101 cm³/mol. The summed E-state index contributed by atoms with van der Waals surface area (Å²) >= 11 is 5.98. The zero-order valence-electron chi connectivity index (χ0n) is 14.7. The molecule has 9 heteroatoms. The van der Waals surface area contributed by atoms with Crippen molar-refractivity contribution in [2.45, 2.75) is 32.2 Å². The fraction of sp³-hybridized carbons (Fsp3) is 0.333. The van der Waals surface area contributed by atoms with Gasteiger partial charge in [0, 0.05) is 10.6 Å². The largest absolute Gasteiger partial charge is 0.495 e. The molecule has 0 saturated carbocycles. The molecule has 1 amide bonds. The summed E-state index contributed by atoms with van der Waals surface area (Å²) in [6.07, 6.45) is 5.27. The van der Waals surface area contributed by atoms with E-state index >= 15 is 0 Å². The van der Waals surface area contributed by atoms with Gasteiger partial charge >= 0.3 is 0 Å². The van der Waals surface area contributed by atoms with Crippen molar-refractivity contribution in [2.75, 3.05) is 12.4 Å². The van der Waals surface area contributed by atoms with Gasteiger partial charge in [0.15, 0.2) is 0 Å². The molecule has 0 atom stereocenters. The fourth-order valence-electron chi connectivity index (χ4n) is 3.39. The lowest BCUT2D eigenvalue weighted by Crippen LogP contribution is -2.31. The summed E-state index contributed by atoms with van der Waals surface area (Å²) in [5, 5.41) is 11.7. The highest BCUT2D eigenvalue weighted by Gasteiger charge is 2.20. The monoisotopic (exact) mass is 387 g/mol. The molecule has 0 radical (unpaired) electrons. The molecule has 1 aromatic carbocycles. The van der Waals surface area contributed by atoms with E-state index in [0.717, 1.165) is 41.6 Å². The first-order valence-electron chi connectivity index (χ1n) is 8.66. The van der Waals surface area contributed by atoms with Crippen LogP contribution in [0, 0.1) is 0 Å². The molecule has 1 aliphatic carbocycles. The first-order chi connectivity index (χ1) is 13.1. The average molecular weight is 388 g/mol.